The average molecular weight is 255 g/mol. The monoisotopic (exact) mass is 255 g/mol. The Kier molecular flexibility index (Phi) is 13.5. The van der Waals surface area contributed by atoms with Gasteiger partial charge in [-0.25, -0.2) is 4.79 Å². The van der Waals surface area contributed by atoms with Gasteiger partial charge in [-0.15, -0.1) is 0 Å². The van der Waals surface area contributed by atoms with Crippen LogP contribution in [0, 0.1) is 0 Å². The first kappa shape index (κ1) is 17.1. The topological polar surface area (TPSA) is 38.7 Å². The summed E-state index contributed by atoms with van der Waals surface area (Å²) in [6, 6.07) is 0. The van der Waals surface area contributed by atoms with Crippen molar-refractivity contribution in [3.63, 3.8) is 0 Å². The van der Waals surface area contributed by atoms with Gasteiger partial charge in [-0.05, 0) is 12.8 Å². The van der Waals surface area contributed by atoms with Crippen molar-refractivity contribution < 1.29 is 9.63 Å². The summed E-state index contributed by atoms with van der Waals surface area (Å²) in [4.78, 5) is 15.4. The van der Waals surface area contributed by atoms with Crippen molar-refractivity contribution in [1.82, 2.24) is 0 Å². The van der Waals surface area contributed by atoms with Gasteiger partial charge in [-0.1, -0.05) is 70.4 Å². The van der Waals surface area contributed by atoms with Crippen molar-refractivity contribution in [3.8, 4) is 0 Å². The van der Waals surface area contributed by atoms with Crippen LogP contribution < -0.4 is 0 Å². The van der Waals surface area contributed by atoms with Gasteiger partial charge in [-0.3, -0.25) is 0 Å². The smallest absolute Gasteiger partial charge is 0.319 e. The quantitative estimate of drug-likeness (QED) is 0.216. The Morgan fingerprint density at radius 2 is 1.50 bits per heavy atom. The Balaban J connectivity index is 3.09. The zero-order chi connectivity index (χ0) is 13.5. The molecule has 0 radical (unpaired) electrons. The number of oxime groups is 1. The number of hydrogen-bond donors (Lipinski definition) is 0. The van der Waals surface area contributed by atoms with E-state index >= 15 is 0 Å². The fourth-order valence-electron chi connectivity index (χ4n) is 1.76. The van der Waals surface area contributed by atoms with Gasteiger partial charge in [0, 0.05) is 12.6 Å². The van der Waals surface area contributed by atoms with Gasteiger partial charge < -0.3 is 4.84 Å². The molecule has 0 bridgehead atoms. The Bertz CT molecular complexity index is 215. The molecule has 0 fully saturated rings. The van der Waals surface area contributed by atoms with Crippen molar-refractivity contribution >= 4 is 12.2 Å². The molecule has 0 aliphatic heterocycles. The number of carbonyl (C=O) groups is 1. The van der Waals surface area contributed by atoms with E-state index < -0.39 is 0 Å². The first-order valence-corrected chi connectivity index (χ1v) is 7.53. The number of carbonyl (C=O) groups excluding carboxylic acids is 1. The Hall–Kier alpha value is -0.860. The number of hydrogen-bond acceptors (Lipinski definition) is 3. The maximum Gasteiger partial charge on any atom is 0.334 e. The first-order valence-electron chi connectivity index (χ1n) is 7.53. The lowest BCUT2D eigenvalue weighted by Gasteiger charge is -2.00. The van der Waals surface area contributed by atoms with Crippen molar-refractivity contribution in [2.24, 2.45) is 5.16 Å². The zero-order valence-electron chi connectivity index (χ0n) is 12.1. The van der Waals surface area contributed by atoms with E-state index in [0.29, 0.717) is 6.42 Å². The molecule has 0 aromatic heterocycles. The van der Waals surface area contributed by atoms with E-state index in [-0.39, 0.29) is 5.97 Å². The van der Waals surface area contributed by atoms with Crippen LogP contribution in [0.4, 0.5) is 0 Å². The summed E-state index contributed by atoms with van der Waals surface area (Å²) in [6.07, 6.45) is 14.9. The third-order valence-corrected chi connectivity index (χ3v) is 2.95. The lowest BCUT2D eigenvalue weighted by molar-refractivity contribution is -0.143. The Labute approximate surface area is 112 Å². The molecule has 18 heavy (non-hydrogen) atoms. The Morgan fingerprint density at radius 1 is 0.944 bits per heavy atom. The number of rotatable bonds is 12. The molecule has 0 atom stereocenters. The molecule has 0 N–H and O–H groups in total. The predicted molar refractivity (Wildman–Crippen MR) is 76.7 cm³/mol. The molecule has 0 aromatic rings. The van der Waals surface area contributed by atoms with E-state index in [1.807, 2.05) is 0 Å². The highest BCUT2D eigenvalue weighted by Gasteiger charge is 1.94. The molecule has 0 unspecified atom stereocenters. The van der Waals surface area contributed by atoms with E-state index in [1.165, 1.54) is 51.4 Å². The van der Waals surface area contributed by atoms with Gasteiger partial charge in [0.05, 0.1) is 0 Å². The number of unbranched alkanes of at least 4 members (excludes halogenated alkanes) is 9. The lowest BCUT2D eigenvalue weighted by Crippen LogP contribution is -1.96. The predicted octanol–water partition coefficient (Wildman–Crippen LogP) is 4.85. The van der Waals surface area contributed by atoms with Crippen molar-refractivity contribution in [2.45, 2.75) is 84.5 Å². The van der Waals surface area contributed by atoms with Gasteiger partial charge in [-0.2, -0.15) is 0 Å². The summed E-state index contributed by atoms with van der Waals surface area (Å²) < 4.78 is 0. The van der Waals surface area contributed by atoms with Crippen LogP contribution >= 0.6 is 0 Å². The average Bonchev–Trinajstić information content (AvgIpc) is 2.39. The van der Waals surface area contributed by atoms with E-state index in [1.54, 1.807) is 13.1 Å². The van der Waals surface area contributed by atoms with Crippen LogP contribution in [0.25, 0.3) is 0 Å². The minimum Gasteiger partial charge on any atom is -0.319 e. The van der Waals surface area contributed by atoms with Crippen LogP contribution in [0.3, 0.4) is 0 Å². The molecule has 0 saturated heterocycles. The highest BCUT2D eigenvalue weighted by molar-refractivity contribution is 5.69. The van der Waals surface area contributed by atoms with Gasteiger partial charge in [0.15, 0.2) is 0 Å². The molecule has 0 rings (SSSR count). The van der Waals surface area contributed by atoms with Crippen LogP contribution in [0.5, 0.6) is 0 Å². The van der Waals surface area contributed by atoms with Crippen molar-refractivity contribution in [2.75, 3.05) is 0 Å². The molecule has 0 aromatic carbocycles. The van der Waals surface area contributed by atoms with Gasteiger partial charge in [0.2, 0.25) is 0 Å². The second kappa shape index (κ2) is 14.2. The maximum absolute atomic E-state index is 10.8. The molecule has 0 spiro atoms. The summed E-state index contributed by atoms with van der Waals surface area (Å²) in [5, 5.41) is 3.64. The fourth-order valence-corrected chi connectivity index (χ4v) is 1.76. The third-order valence-electron chi connectivity index (χ3n) is 2.95. The summed E-state index contributed by atoms with van der Waals surface area (Å²) in [7, 11) is 0. The minimum atomic E-state index is -0.265. The summed E-state index contributed by atoms with van der Waals surface area (Å²) in [5.74, 6) is -0.265. The SMILES string of the molecule is CCCCCCCCCCCC=NOC(=O)CC. The molecular formula is C15H29NO2. The van der Waals surface area contributed by atoms with Crippen LogP contribution in [0.1, 0.15) is 84.5 Å². The molecule has 0 aliphatic carbocycles. The van der Waals surface area contributed by atoms with Gasteiger partial charge in [0.1, 0.15) is 0 Å². The summed E-state index contributed by atoms with van der Waals surface area (Å²) >= 11 is 0. The summed E-state index contributed by atoms with van der Waals surface area (Å²) in [5.41, 5.74) is 0. The molecule has 3 nitrogen and oxygen atoms in total. The van der Waals surface area contributed by atoms with Gasteiger partial charge in [0.25, 0.3) is 0 Å². The highest BCUT2D eigenvalue weighted by atomic mass is 16.7. The van der Waals surface area contributed by atoms with Crippen LogP contribution in [0.15, 0.2) is 5.16 Å². The molecule has 3 heteroatoms. The molecule has 106 valence electrons. The van der Waals surface area contributed by atoms with E-state index in [2.05, 4.69) is 16.9 Å². The van der Waals surface area contributed by atoms with Crippen LogP contribution in [-0.2, 0) is 9.63 Å². The molecule has 0 saturated carbocycles. The second-order valence-corrected chi connectivity index (χ2v) is 4.72. The van der Waals surface area contributed by atoms with Crippen molar-refractivity contribution in [1.29, 1.82) is 0 Å². The maximum atomic E-state index is 10.8. The summed E-state index contributed by atoms with van der Waals surface area (Å²) in [6.45, 7) is 4.01. The highest BCUT2D eigenvalue weighted by Crippen LogP contribution is 2.09. The molecule has 0 amide bonds. The van der Waals surface area contributed by atoms with Crippen molar-refractivity contribution in [3.05, 3.63) is 0 Å². The molecular weight excluding hydrogens is 226 g/mol. The minimum absolute atomic E-state index is 0.265. The molecule has 0 heterocycles. The lowest BCUT2D eigenvalue weighted by atomic mass is 10.1. The fraction of sp³-hybridized carbons (Fsp3) is 0.867. The van der Waals surface area contributed by atoms with E-state index in [4.69, 9.17) is 0 Å². The normalized spacial score (nSPS) is 11.0. The largest absolute Gasteiger partial charge is 0.334 e. The van der Waals surface area contributed by atoms with Gasteiger partial charge >= 0.3 is 5.97 Å². The first-order chi connectivity index (χ1) is 8.81. The van der Waals surface area contributed by atoms with Crippen LogP contribution in [0.2, 0.25) is 0 Å². The Morgan fingerprint density at radius 3 is 2.06 bits per heavy atom. The zero-order valence-corrected chi connectivity index (χ0v) is 12.1. The van der Waals surface area contributed by atoms with E-state index in [0.717, 1.165) is 12.8 Å². The standard InChI is InChI=1S/C15H29NO2/c1-3-5-6-7-8-9-10-11-12-13-14-16-18-15(17)4-2/h14H,3-13H2,1-2H3. The van der Waals surface area contributed by atoms with E-state index in [9.17, 15) is 4.79 Å². The number of nitrogens with zero attached hydrogens (tertiary/aromatic N) is 1. The molecule has 0 aliphatic rings. The van der Waals surface area contributed by atoms with Crippen LogP contribution in [-0.4, -0.2) is 12.2 Å². The second-order valence-electron chi connectivity index (χ2n) is 4.72. The third kappa shape index (κ3) is 13.2.